The summed E-state index contributed by atoms with van der Waals surface area (Å²) in [7, 11) is 0. The van der Waals surface area contributed by atoms with E-state index in [0.717, 1.165) is 18.5 Å². The van der Waals surface area contributed by atoms with Gasteiger partial charge < -0.3 is 19.8 Å². The van der Waals surface area contributed by atoms with Crippen LogP contribution in [-0.2, 0) is 9.59 Å². The topological polar surface area (TPSA) is 126 Å². The maximum atomic E-state index is 13.3. The van der Waals surface area contributed by atoms with E-state index in [9.17, 15) is 19.5 Å². The molecule has 3 rings (SSSR count). The fourth-order valence-corrected chi connectivity index (χ4v) is 2.98. The van der Waals surface area contributed by atoms with Crippen LogP contribution in [0.25, 0.3) is 11.1 Å². The standard InChI is InChI=1S/C18H22N4O5/c1-9-15-13(8-14(12-4-5-12)20-16(15)27-21-9)17(24)22(10(2)18(25)26)7-6-19-11(3)23/h8,10,12H,4-7H2,1-3H3,(H,19,23)(H,25,26). The van der Waals surface area contributed by atoms with Gasteiger partial charge in [-0.2, -0.15) is 0 Å². The predicted octanol–water partition coefficient (Wildman–Crippen LogP) is 1.46. The lowest BCUT2D eigenvalue weighted by Crippen LogP contribution is -2.46. The molecule has 1 atom stereocenters. The van der Waals surface area contributed by atoms with Gasteiger partial charge in [0.15, 0.2) is 0 Å². The van der Waals surface area contributed by atoms with Crippen LogP contribution in [0.3, 0.4) is 0 Å². The highest BCUT2D eigenvalue weighted by Gasteiger charge is 2.32. The van der Waals surface area contributed by atoms with Gasteiger partial charge in [0.25, 0.3) is 11.6 Å². The van der Waals surface area contributed by atoms with Gasteiger partial charge in [-0.1, -0.05) is 5.16 Å². The molecule has 1 saturated carbocycles. The van der Waals surface area contributed by atoms with Crippen molar-refractivity contribution < 1.29 is 24.0 Å². The van der Waals surface area contributed by atoms with Crippen LogP contribution in [0.1, 0.15) is 54.4 Å². The summed E-state index contributed by atoms with van der Waals surface area (Å²) >= 11 is 0. The van der Waals surface area contributed by atoms with Crippen molar-refractivity contribution >= 4 is 28.9 Å². The number of carbonyl (C=O) groups excluding carboxylic acids is 2. The van der Waals surface area contributed by atoms with E-state index in [0.29, 0.717) is 16.6 Å². The first-order chi connectivity index (χ1) is 12.8. The van der Waals surface area contributed by atoms with Crippen molar-refractivity contribution in [3.63, 3.8) is 0 Å². The second-order valence-corrected chi connectivity index (χ2v) is 6.81. The van der Waals surface area contributed by atoms with E-state index < -0.39 is 17.9 Å². The molecule has 1 aliphatic carbocycles. The molecule has 2 aromatic rings. The van der Waals surface area contributed by atoms with Crippen LogP contribution in [0.5, 0.6) is 0 Å². The number of nitrogens with zero attached hydrogens (tertiary/aromatic N) is 3. The number of carboxylic acid groups (broad SMARTS) is 1. The number of aryl methyl sites for hydroxylation is 1. The van der Waals surface area contributed by atoms with Crippen LogP contribution in [0, 0.1) is 6.92 Å². The molecule has 144 valence electrons. The summed E-state index contributed by atoms with van der Waals surface area (Å²) in [6.45, 7) is 4.74. The summed E-state index contributed by atoms with van der Waals surface area (Å²) in [5.74, 6) is -1.53. The molecule has 0 radical (unpaired) electrons. The zero-order valence-electron chi connectivity index (χ0n) is 15.5. The molecule has 2 aromatic heterocycles. The number of rotatable bonds is 7. The Morgan fingerprint density at radius 3 is 2.70 bits per heavy atom. The summed E-state index contributed by atoms with van der Waals surface area (Å²) in [5.41, 5.74) is 1.89. The third kappa shape index (κ3) is 3.91. The number of carbonyl (C=O) groups is 3. The smallest absolute Gasteiger partial charge is 0.326 e. The highest BCUT2D eigenvalue weighted by Crippen LogP contribution is 2.40. The van der Waals surface area contributed by atoms with Gasteiger partial charge in [0.1, 0.15) is 6.04 Å². The highest BCUT2D eigenvalue weighted by molar-refractivity contribution is 6.07. The van der Waals surface area contributed by atoms with E-state index in [-0.39, 0.29) is 30.6 Å². The fourth-order valence-electron chi connectivity index (χ4n) is 2.98. The second kappa shape index (κ2) is 7.34. The molecule has 0 bridgehead atoms. The Kier molecular flexibility index (Phi) is 5.11. The minimum Gasteiger partial charge on any atom is -0.480 e. The van der Waals surface area contributed by atoms with Gasteiger partial charge in [-0.05, 0) is 32.8 Å². The highest BCUT2D eigenvalue weighted by atomic mass is 16.5. The molecule has 0 spiro atoms. The Hall–Kier alpha value is -2.97. The molecule has 9 heteroatoms. The molecule has 2 amide bonds. The van der Waals surface area contributed by atoms with E-state index in [4.69, 9.17) is 4.52 Å². The van der Waals surface area contributed by atoms with Crippen LogP contribution in [-0.4, -0.2) is 57.1 Å². The first-order valence-electron chi connectivity index (χ1n) is 8.84. The summed E-state index contributed by atoms with van der Waals surface area (Å²) < 4.78 is 5.25. The van der Waals surface area contributed by atoms with Crippen LogP contribution >= 0.6 is 0 Å². The molecule has 0 aromatic carbocycles. The van der Waals surface area contributed by atoms with E-state index in [1.54, 1.807) is 13.0 Å². The van der Waals surface area contributed by atoms with E-state index >= 15 is 0 Å². The number of hydrogen-bond acceptors (Lipinski definition) is 6. The number of aliphatic carboxylic acids is 1. The largest absolute Gasteiger partial charge is 0.480 e. The normalized spacial score (nSPS) is 14.8. The molecule has 9 nitrogen and oxygen atoms in total. The van der Waals surface area contributed by atoms with Gasteiger partial charge in [-0.3, -0.25) is 9.59 Å². The van der Waals surface area contributed by atoms with Crippen molar-refractivity contribution in [2.45, 2.75) is 45.6 Å². The maximum absolute atomic E-state index is 13.3. The van der Waals surface area contributed by atoms with Crippen molar-refractivity contribution in [3.8, 4) is 0 Å². The number of amides is 2. The number of pyridine rings is 1. The van der Waals surface area contributed by atoms with Crippen molar-refractivity contribution in [1.29, 1.82) is 0 Å². The average Bonchev–Trinajstić information content (AvgIpc) is 3.40. The number of nitrogens with one attached hydrogen (secondary N) is 1. The lowest BCUT2D eigenvalue weighted by Gasteiger charge is -2.27. The second-order valence-electron chi connectivity index (χ2n) is 6.81. The Balaban J connectivity index is 2.00. The van der Waals surface area contributed by atoms with Gasteiger partial charge in [0.2, 0.25) is 5.91 Å². The average molecular weight is 374 g/mol. The zero-order chi connectivity index (χ0) is 19.7. The van der Waals surface area contributed by atoms with Crippen LogP contribution in [0.2, 0.25) is 0 Å². The van der Waals surface area contributed by atoms with Crippen LogP contribution in [0.4, 0.5) is 0 Å². The molecule has 0 saturated heterocycles. The molecule has 0 aliphatic heterocycles. The molecular formula is C18H22N4O5. The minimum atomic E-state index is -1.12. The third-order valence-electron chi connectivity index (χ3n) is 4.68. The Morgan fingerprint density at radius 1 is 1.41 bits per heavy atom. The number of carboxylic acids is 1. The Morgan fingerprint density at radius 2 is 2.11 bits per heavy atom. The Bertz CT molecular complexity index is 903. The van der Waals surface area contributed by atoms with Gasteiger partial charge in [0.05, 0.1) is 16.6 Å². The minimum absolute atomic E-state index is 0.0682. The molecular weight excluding hydrogens is 352 g/mol. The number of fused-ring (bicyclic) bond motifs is 1. The van der Waals surface area contributed by atoms with Gasteiger partial charge in [-0.15, -0.1) is 0 Å². The summed E-state index contributed by atoms with van der Waals surface area (Å²) in [6, 6.07) is 0.658. The maximum Gasteiger partial charge on any atom is 0.326 e. The monoisotopic (exact) mass is 374 g/mol. The number of hydrogen-bond donors (Lipinski definition) is 2. The molecule has 27 heavy (non-hydrogen) atoms. The SMILES string of the molecule is CC(=O)NCCN(C(=O)c1cc(C2CC2)nc2onc(C)c12)C(C)C(=O)O. The molecule has 1 aliphatic rings. The first-order valence-corrected chi connectivity index (χ1v) is 8.84. The quantitative estimate of drug-likeness (QED) is 0.751. The lowest BCUT2D eigenvalue weighted by molar-refractivity contribution is -0.141. The van der Waals surface area contributed by atoms with Gasteiger partial charge in [-0.25, -0.2) is 9.78 Å². The zero-order valence-corrected chi connectivity index (χ0v) is 15.5. The Labute approximate surface area is 155 Å². The van der Waals surface area contributed by atoms with Crippen LogP contribution in [0.15, 0.2) is 10.6 Å². The molecule has 2 heterocycles. The predicted molar refractivity (Wildman–Crippen MR) is 95.3 cm³/mol. The fraction of sp³-hybridized carbons (Fsp3) is 0.500. The summed E-state index contributed by atoms with van der Waals surface area (Å²) in [5, 5.41) is 16.4. The lowest BCUT2D eigenvalue weighted by atomic mass is 10.1. The van der Waals surface area contributed by atoms with Crippen molar-refractivity contribution in [2.24, 2.45) is 0 Å². The molecule has 2 N–H and O–H groups in total. The van der Waals surface area contributed by atoms with Gasteiger partial charge >= 0.3 is 5.97 Å². The van der Waals surface area contributed by atoms with Crippen molar-refractivity contribution in [3.05, 3.63) is 23.0 Å². The van der Waals surface area contributed by atoms with E-state index in [1.807, 2.05) is 0 Å². The summed E-state index contributed by atoms with van der Waals surface area (Å²) in [6.07, 6.45) is 1.99. The molecule has 1 fully saturated rings. The van der Waals surface area contributed by atoms with E-state index in [1.165, 1.54) is 18.7 Å². The summed E-state index contributed by atoms with van der Waals surface area (Å²) in [4.78, 5) is 41.6. The van der Waals surface area contributed by atoms with E-state index in [2.05, 4.69) is 15.5 Å². The van der Waals surface area contributed by atoms with Crippen molar-refractivity contribution in [1.82, 2.24) is 20.4 Å². The van der Waals surface area contributed by atoms with Crippen LogP contribution < -0.4 is 5.32 Å². The number of aromatic nitrogens is 2. The van der Waals surface area contributed by atoms with Crippen molar-refractivity contribution in [2.75, 3.05) is 13.1 Å². The van der Waals surface area contributed by atoms with Gasteiger partial charge in [0, 0.05) is 31.6 Å². The third-order valence-corrected chi connectivity index (χ3v) is 4.68. The molecule has 1 unspecified atom stereocenters. The first kappa shape index (κ1) is 18.8.